The Morgan fingerprint density at radius 2 is 1.63 bits per heavy atom. The molecule has 1 unspecified atom stereocenters. The van der Waals surface area contributed by atoms with Gasteiger partial charge in [-0.05, 0) is 24.6 Å². The van der Waals surface area contributed by atoms with Crippen LogP contribution in [0.5, 0.6) is 17.2 Å². The second-order valence-electron chi connectivity index (χ2n) is 5.91. The number of aliphatic carboxylic acids is 1. The Morgan fingerprint density at radius 3 is 2.11 bits per heavy atom. The van der Waals surface area contributed by atoms with Crippen LogP contribution in [0.15, 0.2) is 42.5 Å². The van der Waals surface area contributed by atoms with Crippen LogP contribution < -0.4 is 14.2 Å². The molecule has 0 fully saturated rings. The van der Waals surface area contributed by atoms with Crippen molar-refractivity contribution in [3.05, 3.63) is 53.6 Å². The van der Waals surface area contributed by atoms with Crippen molar-refractivity contribution in [1.82, 2.24) is 4.90 Å². The van der Waals surface area contributed by atoms with Crippen molar-refractivity contribution in [2.24, 2.45) is 0 Å². The fourth-order valence-corrected chi connectivity index (χ4v) is 2.42. The van der Waals surface area contributed by atoms with Gasteiger partial charge in [-0.1, -0.05) is 30.3 Å². The number of benzene rings is 2. The Balaban J connectivity index is 2.32. The monoisotopic (exact) mass is 373 g/mol. The number of carbonyl (C=O) groups is 2. The molecular formula is C20H23NO6. The average Bonchev–Trinajstić information content (AvgIpc) is 2.70. The molecule has 1 atom stereocenters. The second-order valence-corrected chi connectivity index (χ2v) is 5.91. The van der Waals surface area contributed by atoms with Crippen molar-refractivity contribution in [3.63, 3.8) is 0 Å². The Morgan fingerprint density at radius 1 is 1.07 bits per heavy atom. The molecule has 1 N–H and O–H groups in total. The van der Waals surface area contributed by atoms with E-state index in [-0.39, 0.29) is 5.56 Å². The summed E-state index contributed by atoms with van der Waals surface area (Å²) in [6, 6.07) is 11.6. The third-order valence-electron chi connectivity index (χ3n) is 4.19. The van der Waals surface area contributed by atoms with E-state index in [1.807, 2.05) is 30.3 Å². The molecule has 2 aromatic rings. The molecule has 0 saturated carbocycles. The first kappa shape index (κ1) is 20.1. The Kier molecular flexibility index (Phi) is 6.65. The molecule has 7 heteroatoms. The number of ether oxygens (including phenoxy) is 3. The molecule has 0 aliphatic carbocycles. The average molecular weight is 373 g/mol. The number of hydrogen-bond acceptors (Lipinski definition) is 5. The summed E-state index contributed by atoms with van der Waals surface area (Å²) >= 11 is 0. The highest BCUT2D eigenvalue weighted by atomic mass is 16.5. The van der Waals surface area contributed by atoms with Gasteiger partial charge in [0.05, 0.1) is 14.2 Å². The Hall–Kier alpha value is -3.22. The number of nitrogens with zero attached hydrogens (tertiary/aromatic N) is 1. The summed E-state index contributed by atoms with van der Waals surface area (Å²) in [7, 11) is 4.35. The van der Waals surface area contributed by atoms with Gasteiger partial charge in [0.15, 0.2) is 11.5 Å². The molecule has 0 radical (unpaired) electrons. The highest BCUT2D eigenvalue weighted by Crippen LogP contribution is 2.39. The zero-order valence-electron chi connectivity index (χ0n) is 15.8. The van der Waals surface area contributed by atoms with E-state index < -0.39 is 17.9 Å². The number of methoxy groups -OCH3 is 2. The van der Waals surface area contributed by atoms with Crippen LogP contribution in [0.25, 0.3) is 0 Å². The summed E-state index contributed by atoms with van der Waals surface area (Å²) < 4.78 is 16.6. The van der Waals surface area contributed by atoms with Gasteiger partial charge in [0.1, 0.15) is 12.6 Å². The van der Waals surface area contributed by atoms with Gasteiger partial charge in [0.25, 0.3) is 5.91 Å². The van der Waals surface area contributed by atoms with Crippen LogP contribution in [0, 0.1) is 0 Å². The molecule has 2 rings (SSSR count). The van der Waals surface area contributed by atoms with Crippen LogP contribution in [0.1, 0.15) is 22.8 Å². The number of likely N-dealkylation sites (N-methyl/N-ethyl adjacent to an activating group) is 1. The molecular weight excluding hydrogens is 350 g/mol. The van der Waals surface area contributed by atoms with Gasteiger partial charge in [0.2, 0.25) is 5.75 Å². The third-order valence-corrected chi connectivity index (χ3v) is 4.19. The molecule has 27 heavy (non-hydrogen) atoms. The summed E-state index contributed by atoms with van der Waals surface area (Å²) in [5.41, 5.74) is 1.21. The summed E-state index contributed by atoms with van der Waals surface area (Å²) in [5, 5.41) is 9.11. The van der Waals surface area contributed by atoms with E-state index in [1.54, 1.807) is 0 Å². The predicted octanol–water partition coefficient (Wildman–Crippen LogP) is 2.83. The van der Waals surface area contributed by atoms with Crippen molar-refractivity contribution in [2.75, 3.05) is 21.3 Å². The Labute approximate surface area is 158 Å². The van der Waals surface area contributed by atoms with Crippen LogP contribution >= 0.6 is 0 Å². The number of amides is 1. The molecule has 0 spiro atoms. The zero-order chi connectivity index (χ0) is 20.0. The minimum absolute atomic E-state index is 0.242. The summed E-state index contributed by atoms with van der Waals surface area (Å²) in [6.07, 6.45) is 0. The molecule has 0 bridgehead atoms. The predicted molar refractivity (Wildman–Crippen MR) is 99.5 cm³/mol. The maximum atomic E-state index is 12.6. The quantitative estimate of drug-likeness (QED) is 0.766. The Bertz CT molecular complexity index is 780. The van der Waals surface area contributed by atoms with Crippen molar-refractivity contribution in [3.8, 4) is 17.2 Å². The third kappa shape index (κ3) is 4.69. The fourth-order valence-electron chi connectivity index (χ4n) is 2.42. The van der Waals surface area contributed by atoms with E-state index in [1.165, 1.54) is 40.3 Å². The van der Waals surface area contributed by atoms with Gasteiger partial charge in [-0.15, -0.1) is 0 Å². The number of hydrogen-bond donors (Lipinski definition) is 1. The topological polar surface area (TPSA) is 85.3 Å². The fraction of sp³-hybridized carbons (Fsp3) is 0.300. The van der Waals surface area contributed by atoms with Gasteiger partial charge < -0.3 is 24.2 Å². The highest BCUT2D eigenvalue weighted by Gasteiger charge is 2.25. The van der Waals surface area contributed by atoms with E-state index in [2.05, 4.69) is 0 Å². The lowest BCUT2D eigenvalue weighted by Crippen LogP contribution is -2.40. The lowest BCUT2D eigenvalue weighted by atomic mass is 10.1. The van der Waals surface area contributed by atoms with Crippen LogP contribution in [0.3, 0.4) is 0 Å². The van der Waals surface area contributed by atoms with Gasteiger partial charge in [-0.25, -0.2) is 4.79 Å². The standard InChI is InChI=1S/C20H23NO6/c1-13(20(23)24)21(2)19(22)15-10-16(25-3)18(17(11-15)26-4)27-12-14-8-6-5-7-9-14/h5-11,13H,12H2,1-4H3,(H,23,24). The van der Waals surface area contributed by atoms with Gasteiger partial charge >= 0.3 is 5.97 Å². The minimum Gasteiger partial charge on any atom is -0.493 e. The highest BCUT2D eigenvalue weighted by molar-refractivity contribution is 5.97. The van der Waals surface area contributed by atoms with Crippen LogP contribution in [0.2, 0.25) is 0 Å². The van der Waals surface area contributed by atoms with Gasteiger partial charge in [0, 0.05) is 12.6 Å². The maximum absolute atomic E-state index is 12.6. The lowest BCUT2D eigenvalue weighted by molar-refractivity contribution is -0.141. The molecule has 7 nitrogen and oxygen atoms in total. The van der Waals surface area contributed by atoms with E-state index in [9.17, 15) is 9.59 Å². The smallest absolute Gasteiger partial charge is 0.326 e. The molecule has 1 amide bonds. The SMILES string of the molecule is COc1cc(C(=O)N(C)C(C)C(=O)O)cc(OC)c1OCc1ccccc1. The first-order chi connectivity index (χ1) is 12.9. The molecule has 0 aliphatic heterocycles. The van der Waals surface area contributed by atoms with Crippen molar-refractivity contribution in [2.45, 2.75) is 19.6 Å². The first-order valence-corrected chi connectivity index (χ1v) is 8.31. The summed E-state index contributed by atoms with van der Waals surface area (Å²) in [4.78, 5) is 24.9. The van der Waals surface area contributed by atoms with E-state index in [0.29, 0.717) is 23.9 Å². The number of carboxylic acids is 1. The lowest BCUT2D eigenvalue weighted by Gasteiger charge is -2.22. The maximum Gasteiger partial charge on any atom is 0.326 e. The van der Waals surface area contributed by atoms with E-state index in [0.717, 1.165) is 10.5 Å². The summed E-state index contributed by atoms with van der Waals surface area (Å²) in [6.45, 7) is 1.74. The van der Waals surface area contributed by atoms with Gasteiger partial charge in [-0.3, -0.25) is 4.79 Å². The van der Waals surface area contributed by atoms with Crippen molar-refractivity contribution >= 4 is 11.9 Å². The van der Waals surface area contributed by atoms with Crippen LogP contribution in [-0.2, 0) is 11.4 Å². The van der Waals surface area contributed by atoms with E-state index in [4.69, 9.17) is 19.3 Å². The number of carbonyl (C=O) groups excluding carboxylic acids is 1. The first-order valence-electron chi connectivity index (χ1n) is 8.31. The van der Waals surface area contributed by atoms with Crippen LogP contribution in [-0.4, -0.2) is 49.2 Å². The second kappa shape index (κ2) is 8.93. The number of rotatable bonds is 8. The molecule has 2 aromatic carbocycles. The molecule has 0 saturated heterocycles. The normalized spacial score (nSPS) is 11.4. The van der Waals surface area contributed by atoms with Crippen molar-refractivity contribution in [1.29, 1.82) is 0 Å². The van der Waals surface area contributed by atoms with Gasteiger partial charge in [-0.2, -0.15) is 0 Å². The molecule has 0 heterocycles. The molecule has 144 valence electrons. The summed E-state index contributed by atoms with van der Waals surface area (Å²) in [5.74, 6) is -0.534. The van der Waals surface area contributed by atoms with Crippen molar-refractivity contribution < 1.29 is 28.9 Å². The number of carboxylic acid groups (broad SMARTS) is 1. The molecule has 0 aliphatic rings. The van der Waals surface area contributed by atoms with Crippen LogP contribution in [0.4, 0.5) is 0 Å². The minimum atomic E-state index is -1.09. The molecule has 0 aromatic heterocycles. The largest absolute Gasteiger partial charge is 0.493 e. The zero-order valence-corrected chi connectivity index (χ0v) is 15.8. The van der Waals surface area contributed by atoms with E-state index >= 15 is 0 Å².